The monoisotopic (exact) mass is 230 g/mol. The Hall–Kier alpha value is -1.54. The summed E-state index contributed by atoms with van der Waals surface area (Å²) in [5.41, 5.74) is -0.876. The lowest BCUT2D eigenvalue weighted by Gasteiger charge is -2.07. The van der Waals surface area contributed by atoms with E-state index >= 15 is 0 Å². The number of rotatable bonds is 3. The fourth-order valence-corrected chi connectivity index (χ4v) is 1.37. The van der Waals surface area contributed by atoms with E-state index in [4.69, 9.17) is 16.9 Å². The number of nitrogens with zero attached hydrogens (tertiary/aromatic N) is 2. The molecule has 78 valence electrons. The van der Waals surface area contributed by atoms with Crippen LogP contribution in [-0.4, -0.2) is 11.3 Å². The SMILES string of the molecule is N#Cc1cc(C=O)nc(C(F)F)c1CCl. The van der Waals surface area contributed by atoms with Gasteiger partial charge in [0.2, 0.25) is 0 Å². The largest absolute Gasteiger partial charge is 0.296 e. The van der Waals surface area contributed by atoms with Crippen LogP contribution in [0.5, 0.6) is 0 Å². The average Bonchev–Trinajstić information content (AvgIpc) is 2.26. The zero-order chi connectivity index (χ0) is 11.4. The highest BCUT2D eigenvalue weighted by Crippen LogP contribution is 2.25. The standard InChI is InChI=1S/C9H5ClF2N2O/c10-2-7-5(3-13)1-6(4-15)14-8(7)9(11)12/h1,4,9H,2H2. The van der Waals surface area contributed by atoms with Crippen LogP contribution in [0.15, 0.2) is 6.07 Å². The molecule has 15 heavy (non-hydrogen) atoms. The van der Waals surface area contributed by atoms with Crippen LogP contribution in [0.4, 0.5) is 8.78 Å². The zero-order valence-electron chi connectivity index (χ0n) is 7.38. The highest BCUT2D eigenvalue weighted by Gasteiger charge is 2.19. The van der Waals surface area contributed by atoms with Crippen LogP contribution in [0.2, 0.25) is 0 Å². The maximum absolute atomic E-state index is 12.5. The summed E-state index contributed by atoms with van der Waals surface area (Å²) in [5, 5.41) is 8.68. The number of aldehydes is 1. The van der Waals surface area contributed by atoms with Gasteiger partial charge in [0, 0.05) is 5.56 Å². The lowest BCUT2D eigenvalue weighted by Crippen LogP contribution is -2.03. The molecule has 1 heterocycles. The van der Waals surface area contributed by atoms with E-state index in [9.17, 15) is 13.6 Å². The van der Waals surface area contributed by atoms with Gasteiger partial charge in [-0.25, -0.2) is 13.8 Å². The Bertz CT molecular complexity index is 429. The maximum atomic E-state index is 12.5. The molecule has 1 rings (SSSR count). The van der Waals surface area contributed by atoms with Crippen LogP contribution in [0.1, 0.15) is 33.7 Å². The van der Waals surface area contributed by atoms with Gasteiger partial charge in [-0.15, -0.1) is 11.6 Å². The molecule has 0 N–H and O–H groups in total. The van der Waals surface area contributed by atoms with Crippen molar-refractivity contribution in [3.63, 3.8) is 0 Å². The Morgan fingerprint density at radius 1 is 1.67 bits per heavy atom. The van der Waals surface area contributed by atoms with Crippen molar-refractivity contribution in [1.82, 2.24) is 4.98 Å². The Kier molecular flexibility index (Phi) is 3.69. The first-order chi connectivity index (χ1) is 7.13. The van der Waals surface area contributed by atoms with Gasteiger partial charge >= 0.3 is 0 Å². The molecular formula is C9H5ClF2N2O. The summed E-state index contributed by atoms with van der Waals surface area (Å²) >= 11 is 5.44. The van der Waals surface area contributed by atoms with Gasteiger partial charge < -0.3 is 0 Å². The predicted molar refractivity (Wildman–Crippen MR) is 48.9 cm³/mol. The molecule has 0 bridgehead atoms. The van der Waals surface area contributed by atoms with Crippen LogP contribution in [-0.2, 0) is 5.88 Å². The maximum Gasteiger partial charge on any atom is 0.280 e. The van der Waals surface area contributed by atoms with Gasteiger partial charge in [0.15, 0.2) is 6.29 Å². The fraction of sp³-hybridized carbons (Fsp3) is 0.222. The van der Waals surface area contributed by atoms with Crippen LogP contribution in [0, 0.1) is 11.3 Å². The van der Waals surface area contributed by atoms with Gasteiger partial charge in [-0.1, -0.05) is 0 Å². The third-order valence-electron chi connectivity index (χ3n) is 1.76. The first-order valence-corrected chi connectivity index (χ1v) is 4.40. The molecule has 0 aliphatic heterocycles. The second-order valence-corrected chi connectivity index (χ2v) is 2.89. The van der Waals surface area contributed by atoms with Crippen LogP contribution >= 0.6 is 11.6 Å². The zero-order valence-corrected chi connectivity index (χ0v) is 8.13. The molecule has 0 aliphatic rings. The van der Waals surface area contributed by atoms with Crippen LogP contribution in [0.25, 0.3) is 0 Å². The van der Waals surface area contributed by atoms with Gasteiger partial charge in [-0.3, -0.25) is 4.79 Å². The van der Waals surface area contributed by atoms with Crippen molar-refractivity contribution in [2.75, 3.05) is 0 Å². The number of halogens is 3. The lowest BCUT2D eigenvalue weighted by atomic mass is 10.1. The lowest BCUT2D eigenvalue weighted by molar-refractivity contribution is 0.111. The molecule has 0 atom stereocenters. The summed E-state index contributed by atoms with van der Waals surface area (Å²) in [6.45, 7) is 0. The van der Waals surface area contributed by atoms with Gasteiger partial charge in [0.05, 0.1) is 17.5 Å². The highest BCUT2D eigenvalue weighted by molar-refractivity contribution is 6.17. The number of hydrogen-bond donors (Lipinski definition) is 0. The summed E-state index contributed by atoms with van der Waals surface area (Å²) < 4.78 is 25.0. The van der Waals surface area contributed by atoms with E-state index in [-0.39, 0.29) is 22.7 Å². The molecule has 0 saturated heterocycles. The van der Waals surface area contributed by atoms with E-state index in [1.807, 2.05) is 0 Å². The summed E-state index contributed by atoms with van der Waals surface area (Å²) in [6.07, 6.45) is -2.55. The molecule has 3 nitrogen and oxygen atoms in total. The second kappa shape index (κ2) is 4.80. The van der Waals surface area contributed by atoms with Crippen molar-refractivity contribution < 1.29 is 13.6 Å². The van der Waals surface area contributed by atoms with Crippen molar-refractivity contribution in [2.45, 2.75) is 12.3 Å². The van der Waals surface area contributed by atoms with Crippen molar-refractivity contribution in [2.24, 2.45) is 0 Å². The molecule has 0 amide bonds. The van der Waals surface area contributed by atoms with E-state index < -0.39 is 12.1 Å². The van der Waals surface area contributed by atoms with Crippen molar-refractivity contribution in [1.29, 1.82) is 5.26 Å². The Balaban J connectivity index is 3.47. The molecule has 0 saturated carbocycles. The third kappa shape index (κ3) is 2.28. The van der Waals surface area contributed by atoms with Gasteiger partial charge in [-0.2, -0.15) is 5.26 Å². The quantitative estimate of drug-likeness (QED) is 0.592. The normalized spacial score (nSPS) is 10.1. The Morgan fingerprint density at radius 3 is 2.73 bits per heavy atom. The molecular weight excluding hydrogens is 226 g/mol. The predicted octanol–water partition coefficient (Wildman–Crippen LogP) is 2.44. The average molecular weight is 231 g/mol. The first kappa shape index (κ1) is 11.5. The third-order valence-corrected chi connectivity index (χ3v) is 2.02. The number of carbonyl (C=O) groups is 1. The van der Waals surface area contributed by atoms with E-state index in [1.165, 1.54) is 0 Å². The van der Waals surface area contributed by atoms with Crippen molar-refractivity contribution >= 4 is 17.9 Å². The molecule has 1 aromatic heterocycles. The number of carbonyl (C=O) groups excluding carboxylic acids is 1. The summed E-state index contributed by atoms with van der Waals surface area (Å²) in [5.74, 6) is -0.241. The van der Waals surface area contributed by atoms with Gasteiger partial charge in [0.1, 0.15) is 11.4 Å². The summed E-state index contributed by atoms with van der Waals surface area (Å²) in [6, 6.07) is 2.84. The molecule has 0 unspecified atom stereocenters. The number of alkyl halides is 3. The molecule has 1 aromatic rings. The van der Waals surface area contributed by atoms with Crippen LogP contribution < -0.4 is 0 Å². The smallest absolute Gasteiger partial charge is 0.280 e. The van der Waals surface area contributed by atoms with Crippen molar-refractivity contribution in [3.8, 4) is 6.07 Å². The number of hydrogen-bond acceptors (Lipinski definition) is 3. The van der Waals surface area contributed by atoms with E-state index in [0.29, 0.717) is 6.29 Å². The number of aromatic nitrogens is 1. The first-order valence-electron chi connectivity index (χ1n) is 3.87. The minimum atomic E-state index is -2.86. The molecule has 0 radical (unpaired) electrons. The number of pyridine rings is 1. The molecule has 6 heteroatoms. The summed E-state index contributed by atoms with van der Waals surface area (Å²) in [4.78, 5) is 13.8. The minimum Gasteiger partial charge on any atom is -0.296 e. The van der Waals surface area contributed by atoms with Crippen LogP contribution in [0.3, 0.4) is 0 Å². The molecule has 0 aliphatic carbocycles. The van der Waals surface area contributed by atoms with Crippen molar-refractivity contribution in [3.05, 3.63) is 28.6 Å². The fourth-order valence-electron chi connectivity index (χ4n) is 1.09. The van der Waals surface area contributed by atoms with E-state index in [1.54, 1.807) is 6.07 Å². The Labute approximate surface area is 89.3 Å². The van der Waals surface area contributed by atoms with Gasteiger partial charge in [0.25, 0.3) is 6.43 Å². The Morgan fingerprint density at radius 2 is 2.33 bits per heavy atom. The van der Waals surface area contributed by atoms with E-state index in [0.717, 1.165) is 6.07 Å². The molecule has 0 spiro atoms. The molecule has 0 fully saturated rings. The minimum absolute atomic E-state index is 0.0280. The second-order valence-electron chi connectivity index (χ2n) is 2.62. The highest BCUT2D eigenvalue weighted by atomic mass is 35.5. The topological polar surface area (TPSA) is 53.8 Å². The summed E-state index contributed by atoms with van der Waals surface area (Å²) in [7, 11) is 0. The molecule has 0 aromatic carbocycles. The van der Waals surface area contributed by atoms with Gasteiger partial charge in [-0.05, 0) is 6.07 Å². The van der Waals surface area contributed by atoms with E-state index in [2.05, 4.69) is 4.98 Å². The number of nitriles is 1.